The van der Waals surface area contributed by atoms with Crippen LogP contribution in [0.15, 0.2) is 124 Å². The van der Waals surface area contributed by atoms with Crippen LogP contribution in [0.4, 0.5) is 9.59 Å². The lowest BCUT2D eigenvalue weighted by Crippen LogP contribution is -2.40. The molecule has 22 heteroatoms. The summed E-state index contributed by atoms with van der Waals surface area (Å²) in [6.45, 7) is 34.2. The molecular formula is C103H140N2O17S3. The number of ketones is 3. The molecule has 2 aliphatic heterocycles. The van der Waals surface area contributed by atoms with E-state index in [4.69, 9.17) is 38.3 Å². The molecule has 6 aromatic rings. The zero-order valence-electron chi connectivity index (χ0n) is 77.9. The molecule has 0 unspecified atom stereocenters. The summed E-state index contributed by atoms with van der Waals surface area (Å²) in [4.78, 5) is 111. The normalized spacial score (nSPS) is 22.5. The molecule has 19 nitrogen and oxygen atoms in total. The lowest BCUT2D eigenvalue weighted by atomic mass is 9.84. The second-order valence-electron chi connectivity index (χ2n) is 37.4. The third kappa shape index (κ3) is 28.1. The molecule has 4 aliphatic carbocycles. The summed E-state index contributed by atoms with van der Waals surface area (Å²) < 4.78 is 40.4. The fourth-order valence-electron chi connectivity index (χ4n) is 18.3. The van der Waals surface area contributed by atoms with Crippen molar-refractivity contribution in [2.75, 3.05) is 58.2 Å². The van der Waals surface area contributed by atoms with Gasteiger partial charge < -0.3 is 53.2 Å². The Hall–Kier alpha value is -8.31. The third-order valence-electron chi connectivity index (χ3n) is 25.8. The molecule has 2 heterocycles. The summed E-state index contributed by atoms with van der Waals surface area (Å²) in [6, 6.07) is 35.8. The summed E-state index contributed by atoms with van der Waals surface area (Å²) in [5, 5.41) is 18.5. The summed E-state index contributed by atoms with van der Waals surface area (Å²) in [5.74, 6) is 2.29. The smallest absolute Gasteiger partial charge is 0.410 e. The quantitative estimate of drug-likeness (QED) is 0.0200. The van der Waals surface area contributed by atoms with Crippen molar-refractivity contribution < 1.29 is 81.7 Å². The van der Waals surface area contributed by atoms with Crippen molar-refractivity contribution in [2.45, 2.75) is 283 Å². The number of amides is 2. The fraction of sp³-hybridized carbons (Fsp3) is 0.573. The number of esters is 2. The molecule has 6 aliphatic rings. The molecule has 12 rings (SSSR count). The van der Waals surface area contributed by atoms with E-state index in [1.54, 1.807) is 86.6 Å². The number of carbonyl (C=O) groups excluding carboxylic acids is 7. The number of likely N-dealkylation sites (tertiary alicyclic amines) is 2. The summed E-state index contributed by atoms with van der Waals surface area (Å²) in [7, 11) is 0. The summed E-state index contributed by atoms with van der Waals surface area (Å²) in [5.41, 5.74) is 7.39. The molecule has 125 heavy (non-hydrogen) atoms. The Labute approximate surface area is 757 Å². The maximum atomic E-state index is 13.9. The van der Waals surface area contributed by atoms with E-state index >= 15 is 0 Å². The van der Waals surface area contributed by atoms with Crippen LogP contribution < -0.4 is 14.2 Å². The molecule has 6 atom stereocenters. The van der Waals surface area contributed by atoms with Gasteiger partial charge in [-0.25, -0.2) is 24.0 Å². The van der Waals surface area contributed by atoms with E-state index in [9.17, 15) is 43.5 Å². The first kappa shape index (κ1) is 100. The van der Waals surface area contributed by atoms with Gasteiger partial charge in [-0.2, -0.15) is 0 Å². The molecule has 0 aromatic heterocycles. The molecule has 2 N–H and O–H groups in total. The molecule has 6 fully saturated rings. The van der Waals surface area contributed by atoms with Crippen LogP contribution in [0.3, 0.4) is 0 Å². The monoisotopic (exact) mass is 1770 g/mol. The van der Waals surface area contributed by atoms with Gasteiger partial charge in [0.2, 0.25) is 0 Å². The van der Waals surface area contributed by atoms with Crippen molar-refractivity contribution in [3.8, 4) is 17.2 Å². The molecule has 0 spiro atoms. The first-order chi connectivity index (χ1) is 59.2. The lowest BCUT2D eigenvalue weighted by molar-refractivity contribution is -0.159. The van der Waals surface area contributed by atoms with E-state index < -0.39 is 28.7 Å². The van der Waals surface area contributed by atoms with Crippen molar-refractivity contribution >= 4 is 82.7 Å². The molecule has 6 aromatic carbocycles. The Morgan fingerprint density at radius 1 is 0.384 bits per heavy atom. The number of aliphatic hydroxyl groups is 1. The Kier molecular flexibility index (Phi) is 37.0. The SMILES string of the molecule is CC1CCC(O)CC1.CCOC(=O)C(C)(C)Oc1c(C)cc(C[C@H]2CCC[C@@H]2C(=O)c2ccc(SC)cc2)cc1C.CCOC(=O)C(C)(C)Oc1c(C)cc(C[C@H]2CN(C(=O)OC3CCC(C)CC3)C[C@@H]2C(=O)c2ccc(SC)cc2)cc1C.CSc1ccc(C(=O)[C@H]2CN(C(=O)OC3CCC(C)CC3)C[C@@H]2Cc2cc(C)c(OC(C)(C)C(=O)O)c(C)c2)cc1. The van der Waals surface area contributed by atoms with Crippen molar-refractivity contribution in [2.24, 2.45) is 53.3 Å². The number of carboxylic acid groups (broad SMARTS) is 1. The van der Waals surface area contributed by atoms with Crippen molar-refractivity contribution in [1.29, 1.82) is 0 Å². The second-order valence-corrected chi connectivity index (χ2v) is 40.1. The highest BCUT2D eigenvalue weighted by atomic mass is 32.2. The summed E-state index contributed by atoms with van der Waals surface area (Å²) in [6.07, 6.45) is 22.9. The second kappa shape index (κ2) is 46.1. The fourth-order valence-corrected chi connectivity index (χ4v) is 19.5. The van der Waals surface area contributed by atoms with E-state index in [0.29, 0.717) is 86.0 Å². The topological polar surface area (TPSA) is 248 Å². The van der Waals surface area contributed by atoms with Crippen molar-refractivity contribution in [1.82, 2.24) is 9.80 Å². The zero-order valence-corrected chi connectivity index (χ0v) is 80.4. The zero-order chi connectivity index (χ0) is 91.4. The van der Waals surface area contributed by atoms with Gasteiger partial charge in [0.1, 0.15) is 29.5 Å². The van der Waals surface area contributed by atoms with E-state index in [0.717, 1.165) is 161 Å². The Bertz CT molecular complexity index is 4550. The predicted octanol–water partition coefficient (Wildman–Crippen LogP) is 22.5. The van der Waals surface area contributed by atoms with Gasteiger partial charge in [0.25, 0.3) is 0 Å². The number of aryl methyl sites for hydroxylation is 6. The maximum absolute atomic E-state index is 13.9. The lowest BCUT2D eigenvalue weighted by Gasteiger charge is -2.28. The number of carboxylic acids is 1. The van der Waals surface area contributed by atoms with Crippen LogP contribution in [0.25, 0.3) is 0 Å². The number of carbonyl (C=O) groups is 8. The molecule has 0 radical (unpaired) electrons. The van der Waals surface area contributed by atoms with E-state index in [2.05, 4.69) is 45.0 Å². The van der Waals surface area contributed by atoms with Crippen LogP contribution in [-0.4, -0.2) is 161 Å². The molecule has 4 saturated carbocycles. The maximum Gasteiger partial charge on any atom is 0.410 e. The van der Waals surface area contributed by atoms with Gasteiger partial charge in [-0.1, -0.05) is 100.0 Å². The first-order valence-corrected chi connectivity index (χ1v) is 49.0. The largest absolute Gasteiger partial charge is 0.478 e. The molecule has 2 saturated heterocycles. The number of benzene rings is 6. The van der Waals surface area contributed by atoms with E-state index in [1.165, 1.54) is 37.1 Å². The van der Waals surface area contributed by atoms with Crippen molar-refractivity contribution in [3.63, 3.8) is 0 Å². The number of hydrogen-bond donors (Lipinski definition) is 2. The molecule has 2 amide bonds. The van der Waals surface area contributed by atoms with Crippen LogP contribution in [-0.2, 0) is 52.6 Å². The van der Waals surface area contributed by atoms with Gasteiger partial charge in [-0.3, -0.25) is 14.4 Å². The average molecular weight is 1770 g/mol. The van der Waals surface area contributed by atoms with Crippen LogP contribution in [0.2, 0.25) is 0 Å². The molecular weight excluding hydrogens is 1630 g/mol. The van der Waals surface area contributed by atoms with Gasteiger partial charge in [0.15, 0.2) is 34.2 Å². The average Bonchev–Trinajstić information content (AvgIpc) is 1.73. The van der Waals surface area contributed by atoms with Crippen LogP contribution in [0.5, 0.6) is 17.2 Å². The Morgan fingerprint density at radius 2 is 0.672 bits per heavy atom. The van der Waals surface area contributed by atoms with Crippen molar-refractivity contribution in [3.05, 3.63) is 176 Å². The number of aliphatic hydroxyl groups excluding tert-OH is 1. The molecule has 682 valence electrons. The molecule has 0 bridgehead atoms. The minimum absolute atomic E-state index is 0.0196. The first-order valence-electron chi connectivity index (χ1n) is 45.3. The van der Waals surface area contributed by atoms with Gasteiger partial charge in [0.05, 0.1) is 19.3 Å². The number of aliphatic carboxylic acids is 1. The highest BCUT2D eigenvalue weighted by Crippen LogP contribution is 2.42. The minimum atomic E-state index is -1.36. The third-order valence-corrected chi connectivity index (χ3v) is 28.0. The predicted molar refractivity (Wildman–Crippen MR) is 499 cm³/mol. The highest BCUT2D eigenvalue weighted by molar-refractivity contribution is 7.99. The summed E-state index contributed by atoms with van der Waals surface area (Å²) >= 11 is 4.96. The van der Waals surface area contributed by atoms with Crippen LogP contribution >= 0.6 is 35.3 Å². The Morgan fingerprint density at radius 3 is 0.960 bits per heavy atom. The standard InChI is InChI=1S/C35H47NO6S.C33H43NO6S.C28H36O4S.C7H14O/c1-8-40-33(38)35(5,6)42-32-23(3)17-25(18-24(32)4)19-27-20-36(34(39)41-28-13-9-22(2)10-14-28)21-30(27)31(37)26-11-15-29(43-7)16-12-26;1-20-7-11-26(12-8-20)39-32(38)34-18-25(28(19-34)29(35)24-9-13-27(41-6)14-10-24)17-23-15-21(2)30(22(3)16-23)40-33(4,5)31(36)37;1-7-31-27(30)28(4,5)32-26-18(2)15-20(16-19(26)3)17-22-9-8-10-24(22)25(29)21-11-13-23(33-6)14-12-21;1-6-2-4-7(8)5-3-6/h11-12,15-18,22,27-28,30H,8-10,13-14,19-21H2,1-7H3;9-10,13-16,20,25-26,28H,7-8,11-12,17-19H2,1-6H3,(H,36,37);11-16,22,24H,7-10,17H2,1-6H3;6-8H,2-5H2,1H3/t22?,27-,28?,30-;20?,25-,26?,28-;22-,24+;/m001./s1. The highest BCUT2D eigenvalue weighted by Gasteiger charge is 2.45. The number of rotatable bonds is 28. The number of thioether (sulfide) groups is 3. The van der Waals surface area contributed by atoms with E-state index in [1.807, 2.05) is 145 Å². The van der Waals surface area contributed by atoms with Gasteiger partial charge in [-0.05, 0) is 347 Å². The van der Waals surface area contributed by atoms with E-state index in [-0.39, 0.29) is 90.0 Å². The van der Waals surface area contributed by atoms with Gasteiger partial charge in [-0.15, -0.1) is 35.3 Å². The number of hydrogen-bond acceptors (Lipinski definition) is 19. The Balaban J connectivity index is 0.000000204. The minimum Gasteiger partial charge on any atom is -0.478 e. The van der Waals surface area contributed by atoms with Gasteiger partial charge >= 0.3 is 30.1 Å². The van der Waals surface area contributed by atoms with Crippen LogP contribution in [0.1, 0.15) is 254 Å². The number of nitrogens with zero attached hydrogens (tertiary/aromatic N) is 2. The van der Waals surface area contributed by atoms with Gasteiger partial charge in [0, 0.05) is 75.3 Å². The number of Topliss-reactive ketones (excluding diaryl/α,β-unsaturated/α-hetero) is 3. The number of ether oxygens (including phenoxy) is 7. The van der Waals surface area contributed by atoms with Crippen LogP contribution in [0, 0.1) is 94.8 Å².